The van der Waals surface area contributed by atoms with E-state index in [-0.39, 0.29) is 18.2 Å². The van der Waals surface area contributed by atoms with Crippen molar-refractivity contribution in [3.05, 3.63) is 114 Å². The number of imide groups is 1. The second kappa shape index (κ2) is 7.89. The molecule has 0 N–H and O–H groups in total. The number of benzene rings is 4. The number of anilines is 1. The van der Waals surface area contributed by atoms with Gasteiger partial charge in [-0.3, -0.25) is 9.59 Å². The Kier molecular flexibility index (Phi) is 4.98. The minimum absolute atomic E-state index is 0.162. The first-order valence-electron chi connectivity index (χ1n) is 9.17. The maximum atomic E-state index is 13.3. The monoisotopic (exact) mass is 365 g/mol. The van der Waals surface area contributed by atoms with Crippen LogP contribution in [0.2, 0.25) is 0 Å². The number of hydrogen-bond acceptors (Lipinski definition) is 2. The summed E-state index contributed by atoms with van der Waals surface area (Å²) < 4.78 is 0. The van der Waals surface area contributed by atoms with Gasteiger partial charge in [0.25, 0.3) is 5.91 Å². The molecular weight excluding hydrogens is 346 g/mol. The van der Waals surface area contributed by atoms with Crippen molar-refractivity contribution in [2.24, 2.45) is 0 Å². The molecule has 136 valence electrons. The molecule has 3 heteroatoms. The highest BCUT2D eigenvalue weighted by Crippen LogP contribution is 2.22. The van der Waals surface area contributed by atoms with E-state index in [0.29, 0.717) is 11.3 Å². The van der Waals surface area contributed by atoms with E-state index in [1.807, 2.05) is 84.9 Å². The van der Waals surface area contributed by atoms with Gasteiger partial charge in [0, 0.05) is 5.56 Å². The molecule has 28 heavy (non-hydrogen) atoms. The van der Waals surface area contributed by atoms with Crippen LogP contribution in [0, 0.1) is 0 Å². The van der Waals surface area contributed by atoms with Crippen molar-refractivity contribution in [3.8, 4) is 0 Å². The number of carbonyl (C=O) groups is 2. The first kappa shape index (κ1) is 17.7. The number of nitrogens with zero attached hydrogens (tertiary/aromatic N) is 1. The second-order valence-corrected chi connectivity index (χ2v) is 6.59. The van der Waals surface area contributed by atoms with Crippen molar-refractivity contribution < 1.29 is 9.59 Å². The molecule has 0 radical (unpaired) electrons. The molecule has 0 heterocycles. The molecule has 0 unspecified atom stereocenters. The lowest BCUT2D eigenvalue weighted by Crippen LogP contribution is -2.38. The molecule has 0 aromatic heterocycles. The van der Waals surface area contributed by atoms with Crippen molar-refractivity contribution in [1.29, 1.82) is 0 Å². The van der Waals surface area contributed by atoms with Crippen LogP contribution in [0.5, 0.6) is 0 Å². The maximum Gasteiger partial charge on any atom is 0.265 e. The minimum atomic E-state index is -0.321. The van der Waals surface area contributed by atoms with E-state index in [4.69, 9.17) is 0 Å². The highest BCUT2D eigenvalue weighted by Gasteiger charge is 2.25. The summed E-state index contributed by atoms with van der Waals surface area (Å²) in [5, 5.41) is 2.03. The van der Waals surface area contributed by atoms with Gasteiger partial charge in [-0.05, 0) is 40.6 Å². The summed E-state index contributed by atoms with van der Waals surface area (Å²) in [7, 11) is 0. The first-order valence-corrected chi connectivity index (χ1v) is 9.17. The van der Waals surface area contributed by atoms with Gasteiger partial charge in [-0.25, -0.2) is 4.90 Å². The third kappa shape index (κ3) is 3.69. The lowest BCUT2D eigenvalue weighted by molar-refractivity contribution is -0.117. The van der Waals surface area contributed by atoms with Crippen molar-refractivity contribution in [2.45, 2.75) is 6.42 Å². The molecule has 0 bridgehead atoms. The molecule has 3 nitrogen and oxygen atoms in total. The molecule has 0 spiro atoms. The van der Waals surface area contributed by atoms with E-state index < -0.39 is 0 Å². The molecule has 0 aliphatic rings. The normalized spacial score (nSPS) is 10.6. The molecule has 0 saturated heterocycles. The fourth-order valence-corrected chi connectivity index (χ4v) is 3.25. The standard InChI is InChI=1S/C25H19NO2/c27-24(17-19-9-3-1-4-10-19)26(23-13-5-2-6-14-23)25(28)22-16-15-20-11-7-8-12-21(20)18-22/h1-16,18H,17H2. The summed E-state index contributed by atoms with van der Waals surface area (Å²) in [5.41, 5.74) is 1.94. The molecule has 4 rings (SSSR count). The number of para-hydroxylation sites is 1. The van der Waals surface area contributed by atoms with Crippen LogP contribution in [0.15, 0.2) is 103 Å². The van der Waals surface area contributed by atoms with E-state index in [1.54, 1.807) is 18.2 Å². The van der Waals surface area contributed by atoms with Crippen molar-refractivity contribution in [2.75, 3.05) is 4.90 Å². The van der Waals surface area contributed by atoms with Crippen molar-refractivity contribution in [1.82, 2.24) is 0 Å². The quantitative estimate of drug-likeness (QED) is 0.495. The molecule has 0 fully saturated rings. The Bertz CT molecular complexity index is 1120. The molecule has 4 aromatic rings. The van der Waals surface area contributed by atoms with Crippen molar-refractivity contribution >= 4 is 28.3 Å². The fraction of sp³-hybridized carbons (Fsp3) is 0.0400. The number of hydrogen-bond donors (Lipinski definition) is 0. The summed E-state index contributed by atoms with van der Waals surface area (Å²) in [6, 6.07) is 31.9. The van der Waals surface area contributed by atoms with E-state index in [0.717, 1.165) is 16.3 Å². The third-order valence-corrected chi connectivity index (χ3v) is 4.66. The molecule has 4 aromatic carbocycles. The van der Waals surface area contributed by atoms with E-state index >= 15 is 0 Å². The van der Waals surface area contributed by atoms with Crippen LogP contribution in [0.25, 0.3) is 10.8 Å². The van der Waals surface area contributed by atoms with Gasteiger partial charge in [-0.15, -0.1) is 0 Å². The number of rotatable bonds is 4. The van der Waals surface area contributed by atoms with Gasteiger partial charge < -0.3 is 0 Å². The molecule has 0 aliphatic heterocycles. The third-order valence-electron chi connectivity index (χ3n) is 4.66. The van der Waals surface area contributed by atoms with Gasteiger partial charge in [0.05, 0.1) is 12.1 Å². The first-order chi connectivity index (χ1) is 13.7. The minimum Gasteiger partial charge on any atom is -0.274 e. The molecule has 2 amide bonds. The van der Waals surface area contributed by atoms with Crippen LogP contribution in [0.3, 0.4) is 0 Å². The summed E-state index contributed by atoms with van der Waals surface area (Å²) >= 11 is 0. The highest BCUT2D eigenvalue weighted by atomic mass is 16.2. The fourth-order valence-electron chi connectivity index (χ4n) is 3.25. The van der Waals surface area contributed by atoms with Crippen LogP contribution >= 0.6 is 0 Å². The van der Waals surface area contributed by atoms with Crippen LogP contribution < -0.4 is 4.90 Å². The number of amides is 2. The van der Waals surface area contributed by atoms with Gasteiger partial charge in [-0.2, -0.15) is 0 Å². The number of carbonyl (C=O) groups excluding carboxylic acids is 2. The van der Waals surface area contributed by atoms with E-state index in [2.05, 4.69) is 0 Å². The van der Waals surface area contributed by atoms with Crippen molar-refractivity contribution in [3.63, 3.8) is 0 Å². The van der Waals surface area contributed by atoms with Crippen LogP contribution in [-0.2, 0) is 11.2 Å². The summed E-state index contributed by atoms with van der Waals surface area (Å²) in [6.45, 7) is 0. The van der Waals surface area contributed by atoms with E-state index in [1.165, 1.54) is 4.90 Å². The Morgan fingerprint density at radius 2 is 1.25 bits per heavy atom. The second-order valence-electron chi connectivity index (χ2n) is 6.59. The zero-order chi connectivity index (χ0) is 19.3. The topological polar surface area (TPSA) is 37.4 Å². The Labute approximate surface area is 163 Å². The smallest absolute Gasteiger partial charge is 0.265 e. The van der Waals surface area contributed by atoms with E-state index in [9.17, 15) is 9.59 Å². The van der Waals surface area contributed by atoms with Crippen LogP contribution in [0.1, 0.15) is 15.9 Å². The number of fused-ring (bicyclic) bond motifs is 1. The van der Waals surface area contributed by atoms with Gasteiger partial charge in [0.15, 0.2) is 0 Å². The van der Waals surface area contributed by atoms with Gasteiger partial charge in [-0.1, -0.05) is 78.9 Å². The van der Waals surface area contributed by atoms with Gasteiger partial charge in [0.2, 0.25) is 5.91 Å². The molecule has 0 atom stereocenters. The zero-order valence-corrected chi connectivity index (χ0v) is 15.3. The Balaban J connectivity index is 1.71. The zero-order valence-electron chi connectivity index (χ0n) is 15.3. The average Bonchev–Trinajstić information content (AvgIpc) is 2.75. The predicted molar refractivity (Wildman–Crippen MR) is 112 cm³/mol. The summed E-state index contributed by atoms with van der Waals surface area (Å²) in [5.74, 6) is -0.576. The predicted octanol–water partition coefficient (Wildman–Crippen LogP) is 5.26. The summed E-state index contributed by atoms with van der Waals surface area (Å²) in [6.07, 6.45) is 0.162. The van der Waals surface area contributed by atoms with Crippen LogP contribution in [0.4, 0.5) is 5.69 Å². The average molecular weight is 365 g/mol. The molecule has 0 saturated carbocycles. The van der Waals surface area contributed by atoms with Gasteiger partial charge in [0.1, 0.15) is 0 Å². The SMILES string of the molecule is O=C(Cc1ccccc1)N(C(=O)c1ccc2ccccc2c1)c1ccccc1. The lowest BCUT2D eigenvalue weighted by atomic mass is 10.1. The Morgan fingerprint density at radius 1 is 0.643 bits per heavy atom. The summed E-state index contributed by atoms with van der Waals surface area (Å²) in [4.78, 5) is 27.7. The lowest BCUT2D eigenvalue weighted by Gasteiger charge is -2.21. The maximum absolute atomic E-state index is 13.3. The Hall–Kier alpha value is -3.72. The molecule has 0 aliphatic carbocycles. The van der Waals surface area contributed by atoms with Crippen LogP contribution in [-0.4, -0.2) is 11.8 Å². The largest absolute Gasteiger partial charge is 0.274 e. The van der Waals surface area contributed by atoms with Gasteiger partial charge >= 0.3 is 0 Å². The molecular formula is C25H19NO2. The highest BCUT2D eigenvalue weighted by molar-refractivity contribution is 6.22. The Morgan fingerprint density at radius 3 is 1.96 bits per heavy atom.